The maximum Gasteiger partial charge on any atom is 0.247 e. The second-order valence-corrected chi connectivity index (χ2v) is 3.17. The van der Waals surface area contributed by atoms with E-state index < -0.39 is 12.3 Å². The van der Waals surface area contributed by atoms with Crippen LogP contribution in [0, 0.1) is 0 Å². The van der Waals surface area contributed by atoms with Crippen molar-refractivity contribution in [3.05, 3.63) is 22.4 Å². The van der Waals surface area contributed by atoms with E-state index in [1.807, 2.05) is 0 Å². The summed E-state index contributed by atoms with van der Waals surface area (Å²) < 4.78 is 24.4. The summed E-state index contributed by atoms with van der Waals surface area (Å²) in [6.07, 6.45) is -2.35. The molecule has 1 heterocycles. The molecule has 0 saturated heterocycles. The van der Waals surface area contributed by atoms with Crippen LogP contribution in [0.25, 0.3) is 0 Å². The van der Waals surface area contributed by atoms with Gasteiger partial charge in [0.05, 0.1) is 5.92 Å². The van der Waals surface area contributed by atoms with Crippen LogP contribution in [0.1, 0.15) is 10.8 Å². The highest BCUT2D eigenvalue weighted by molar-refractivity contribution is 7.10. The Kier molecular flexibility index (Phi) is 5.37. The van der Waals surface area contributed by atoms with Crippen LogP contribution < -0.4 is 5.73 Å². The van der Waals surface area contributed by atoms with Crippen LogP contribution in [0.3, 0.4) is 0 Å². The number of thiophene rings is 1. The van der Waals surface area contributed by atoms with Gasteiger partial charge in [0.15, 0.2) is 0 Å². The van der Waals surface area contributed by atoms with Crippen LogP contribution in [0.4, 0.5) is 8.78 Å². The molecular formula is C7H10ClF2NS. The van der Waals surface area contributed by atoms with Crippen LogP contribution >= 0.6 is 23.7 Å². The fourth-order valence-electron chi connectivity index (χ4n) is 0.845. The monoisotopic (exact) mass is 213 g/mol. The van der Waals surface area contributed by atoms with Crippen molar-refractivity contribution in [1.29, 1.82) is 0 Å². The molecule has 1 rings (SSSR count). The average Bonchev–Trinajstić information content (AvgIpc) is 2.40. The largest absolute Gasteiger partial charge is 0.330 e. The zero-order valence-corrected chi connectivity index (χ0v) is 7.88. The molecule has 70 valence electrons. The van der Waals surface area contributed by atoms with Gasteiger partial charge in [-0.1, -0.05) is 6.07 Å². The SMILES string of the molecule is Cl.NCC(c1cccs1)C(F)F. The molecule has 1 nitrogen and oxygen atoms in total. The second-order valence-electron chi connectivity index (χ2n) is 2.19. The van der Waals surface area contributed by atoms with Gasteiger partial charge in [-0.25, -0.2) is 8.78 Å². The van der Waals surface area contributed by atoms with E-state index >= 15 is 0 Å². The molecule has 5 heteroatoms. The fraction of sp³-hybridized carbons (Fsp3) is 0.429. The van der Waals surface area contributed by atoms with E-state index in [1.54, 1.807) is 17.5 Å². The van der Waals surface area contributed by atoms with Gasteiger partial charge in [-0.05, 0) is 11.4 Å². The average molecular weight is 214 g/mol. The molecule has 12 heavy (non-hydrogen) atoms. The van der Waals surface area contributed by atoms with E-state index in [0.717, 1.165) is 0 Å². The maximum absolute atomic E-state index is 12.2. The van der Waals surface area contributed by atoms with Crippen molar-refractivity contribution in [3.8, 4) is 0 Å². The Morgan fingerprint density at radius 1 is 1.50 bits per heavy atom. The highest BCUT2D eigenvalue weighted by Crippen LogP contribution is 2.25. The van der Waals surface area contributed by atoms with Crippen molar-refractivity contribution in [2.24, 2.45) is 5.73 Å². The summed E-state index contributed by atoms with van der Waals surface area (Å²) in [7, 11) is 0. The summed E-state index contributed by atoms with van der Waals surface area (Å²) in [4.78, 5) is 0.669. The van der Waals surface area contributed by atoms with Crippen molar-refractivity contribution >= 4 is 23.7 Å². The van der Waals surface area contributed by atoms with Crippen LogP contribution in [0.2, 0.25) is 0 Å². The van der Waals surface area contributed by atoms with Gasteiger partial charge in [0.1, 0.15) is 0 Å². The Morgan fingerprint density at radius 3 is 2.50 bits per heavy atom. The number of halogens is 3. The van der Waals surface area contributed by atoms with Crippen molar-refractivity contribution in [3.63, 3.8) is 0 Å². The topological polar surface area (TPSA) is 26.0 Å². The van der Waals surface area contributed by atoms with Gasteiger partial charge in [0.2, 0.25) is 6.43 Å². The normalized spacial score (nSPS) is 12.7. The molecule has 0 bridgehead atoms. The molecule has 0 aliphatic heterocycles. The van der Waals surface area contributed by atoms with Crippen LogP contribution in [-0.4, -0.2) is 13.0 Å². The van der Waals surface area contributed by atoms with Crippen molar-refractivity contribution in [2.45, 2.75) is 12.3 Å². The Labute approximate surface area is 80.0 Å². The van der Waals surface area contributed by atoms with Crippen LogP contribution in [-0.2, 0) is 0 Å². The lowest BCUT2D eigenvalue weighted by Crippen LogP contribution is -2.18. The molecule has 0 saturated carbocycles. The predicted molar refractivity (Wildman–Crippen MR) is 49.4 cm³/mol. The first-order valence-electron chi connectivity index (χ1n) is 3.27. The summed E-state index contributed by atoms with van der Waals surface area (Å²) in [5.74, 6) is -0.782. The zero-order valence-electron chi connectivity index (χ0n) is 6.24. The van der Waals surface area contributed by atoms with Gasteiger partial charge in [-0.15, -0.1) is 23.7 Å². The summed E-state index contributed by atoms with van der Waals surface area (Å²) in [6, 6.07) is 3.44. The van der Waals surface area contributed by atoms with Gasteiger partial charge < -0.3 is 5.73 Å². The lowest BCUT2D eigenvalue weighted by molar-refractivity contribution is 0.118. The van der Waals surface area contributed by atoms with Crippen molar-refractivity contribution < 1.29 is 8.78 Å². The summed E-state index contributed by atoms with van der Waals surface area (Å²) in [5, 5.41) is 1.78. The fourth-order valence-corrected chi connectivity index (χ4v) is 1.69. The van der Waals surface area contributed by atoms with Gasteiger partial charge in [-0.2, -0.15) is 0 Å². The molecule has 0 aliphatic carbocycles. The van der Waals surface area contributed by atoms with Gasteiger partial charge >= 0.3 is 0 Å². The zero-order chi connectivity index (χ0) is 8.27. The highest BCUT2D eigenvalue weighted by atomic mass is 35.5. The number of hydrogen-bond acceptors (Lipinski definition) is 2. The molecule has 2 N–H and O–H groups in total. The van der Waals surface area contributed by atoms with E-state index in [-0.39, 0.29) is 19.0 Å². The number of alkyl halides is 2. The number of nitrogens with two attached hydrogens (primary N) is 1. The third kappa shape index (κ3) is 2.69. The molecule has 1 unspecified atom stereocenters. The molecule has 0 radical (unpaired) electrons. The third-order valence-electron chi connectivity index (χ3n) is 1.47. The molecular weight excluding hydrogens is 204 g/mol. The standard InChI is InChI=1S/C7H9F2NS.ClH/c8-7(9)5(4-10)6-2-1-3-11-6;/h1-3,5,7H,4,10H2;1H. The first-order chi connectivity index (χ1) is 5.25. The van der Waals surface area contributed by atoms with E-state index in [2.05, 4.69) is 0 Å². The first-order valence-corrected chi connectivity index (χ1v) is 4.15. The van der Waals surface area contributed by atoms with Gasteiger partial charge in [0, 0.05) is 11.4 Å². The summed E-state index contributed by atoms with van der Waals surface area (Å²) in [5.41, 5.74) is 5.19. The number of rotatable bonds is 3. The lowest BCUT2D eigenvalue weighted by Gasteiger charge is -2.10. The molecule has 1 atom stereocenters. The minimum atomic E-state index is -2.35. The molecule has 0 fully saturated rings. The molecule has 0 aliphatic rings. The smallest absolute Gasteiger partial charge is 0.247 e. The minimum absolute atomic E-state index is 0. The maximum atomic E-state index is 12.2. The highest BCUT2D eigenvalue weighted by Gasteiger charge is 2.20. The van der Waals surface area contributed by atoms with Crippen LogP contribution in [0.15, 0.2) is 17.5 Å². The second kappa shape index (κ2) is 5.45. The molecule has 0 aromatic carbocycles. The molecule has 1 aromatic rings. The predicted octanol–water partition coefficient (Wildman–Crippen LogP) is 2.48. The van der Waals surface area contributed by atoms with E-state index in [0.29, 0.717) is 4.88 Å². The Morgan fingerprint density at radius 2 is 2.17 bits per heavy atom. The van der Waals surface area contributed by atoms with Crippen molar-refractivity contribution in [1.82, 2.24) is 0 Å². The number of hydrogen-bond donors (Lipinski definition) is 1. The molecule has 0 amide bonds. The Bertz CT molecular complexity index is 203. The Hall–Kier alpha value is -0.190. The third-order valence-corrected chi connectivity index (χ3v) is 2.47. The molecule has 1 aromatic heterocycles. The van der Waals surface area contributed by atoms with Crippen LogP contribution in [0.5, 0.6) is 0 Å². The van der Waals surface area contributed by atoms with E-state index in [9.17, 15) is 8.78 Å². The van der Waals surface area contributed by atoms with Crippen molar-refractivity contribution in [2.75, 3.05) is 6.54 Å². The van der Waals surface area contributed by atoms with Gasteiger partial charge in [0.25, 0.3) is 0 Å². The minimum Gasteiger partial charge on any atom is -0.330 e. The Balaban J connectivity index is 0.00000121. The summed E-state index contributed by atoms with van der Waals surface area (Å²) in [6.45, 7) is 0.0121. The van der Waals surface area contributed by atoms with E-state index in [4.69, 9.17) is 5.73 Å². The quantitative estimate of drug-likeness (QED) is 0.820. The van der Waals surface area contributed by atoms with E-state index in [1.165, 1.54) is 11.3 Å². The lowest BCUT2D eigenvalue weighted by atomic mass is 10.1. The first kappa shape index (κ1) is 11.8. The van der Waals surface area contributed by atoms with Gasteiger partial charge in [-0.3, -0.25) is 0 Å². The summed E-state index contributed by atoms with van der Waals surface area (Å²) >= 11 is 1.32. The molecule has 0 spiro atoms.